The lowest BCUT2D eigenvalue weighted by Gasteiger charge is -2.01. The Kier molecular flexibility index (Phi) is 2.72. The molecule has 0 atom stereocenters. The Labute approximate surface area is 124 Å². The van der Waals surface area contributed by atoms with E-state index in [0.717, 1.165) is 43.7 Å². The lowest BCUT2D eigenvalue weighted by atomic mass is 10.1. The fourth-order valence-electron chi connectivity index (χ4n) is 2.60. The van der Waals surface area contributed by atoms with E-state index in [4.69, 9.17) is 0 Å². The van der Waals surface area contributed by atoms with E-state index in [2.05, 4.69) is 17.1 Å². The Balaban J connectivity index is 2.06. The van der Waals surface area contributed by atoms with Crippen molar-refractivity contribution >= 4 is 33.3 Å². The number of aromatic nitrogens is 2. The van der Waals surface area contributed by atoms with Crippen LogP contribution in [0.15, 0.2) is 40.3 Å². The number of nitrogens with zero attached hydrogens (tertiary/aromatic N) is 2. The second-order valence-corrected chi connectivity index (χ2v) is 6.86. The van der Waals surface area contributed by atoms with Crippen molar-refractivity contribution in [2.75, 3.05) is 5.75 Å². The summed E-state index contributed by atoms with van der Waals surface area (Å²) in [7, 11) is 0. The summed E-state index contributed by atoms with van der Waals surface area (Å²) in [6, 6.07) is 10.2. The summed E-state index contributed by atoms with van der Waals surface area (Å²) < 4.78 is 1.81. The van der Waals surface area contributed by atoms with E-state index in [-0.39, 0.29) is 5.56 Å². The van der Waals surface area contributed by atoms with Crippen LogP contribution in [0.5, 0.6) is 0 Å². The van der Waals surface area contributed by atoms with Gasteiger partial charge in [0.25, 0.3) is 5.56 Å². The average molecular weight is 300 g/mol. The largest absolute Gasteiger partial charge is 0.286 e. The molecule has 0 N–H and O–H groups in total. The molecular weight excluding hydrogens is 288 g/mol. The normalized spacial score (nSPS) is 13.8. The molecule has 20 heavy (non-hydrogen) atoms. The van der Waals surface area contributed by atoms with Crippen LogP contribution in [0.3, 0.4) is 0 Å². The van der Waals surface area contributed by atoms with Gasteiger partial charge in [0, 0.05) is 17.2 Å². The van der Waals surface area contributed by atoms with Gasteiger partial charge in [-0.25, -0.2) is 4.98 Å². The van der Waals surface area contributed by atoms with Crippen LogP contribution in [0, 0.1) is 6.92 Å². The predicted molar refractivity (Wildman–Crippen MR) is 84.8 cm³/mol. The van der Waals surface area contributed by atoms with E-state index in [0.29, 0.717) is 0 Å². The molecule has 0 radical (unpaired) electrons. The second-order valence-electron chi connectivity index (χ2n) is 4.80. The van der Waals surface area contributed by atoms with Gasteiger partial charge < -0.3 is 0 Å². The number of thioether (sulfide) groups is 1. The number of aryl methyl sites for hydroxylation is 1. The molecule has 0 aliphatic carbocycles. The van der Waals surface area contributed by atoms with Crippen molar-refractivity contribution in [3.8, 4) is 10.4 Å². The molecule has 3 heterocycles. The first-order valence-corrected chi connectivity index (χ1v) is 8.28. The molecule has 0 spiro atoms. The van der Waals surface area contributed by atoms with Gasteiger partial charge in [0.2, 0.25) is 0 Å². The molecule has 0 saturated carbocycles. The number of thiophene rings is 1. The zero-order chi connectivity index (χ0) is 13.7. The molecule has 0 fully saturated rings. The Morgan fingerprint density at radius 2 is 2.05 bits per heavy atom. The highest BCUT2D eigenvalue weighted by molar-refractivity contribution is 7.99. The summed E-state index contributed by atoms with van der Waals surface area (Å²) in [5, 5.41) is 1.66. The molecule has 0 bridgehead atoms. The summed E-state index contributed by atoms with van der Waals surface area (Å²) in [6.45, 7) is 2.80. The number of hydrogen-bond donors (Lipinski definition) is 0. The summed E-state index contributed by atoms with van der Waals surface area (Å²) in [5.41, 5.74) is 2.33. The van der Waals surface area contributed by atoms with E-state index in [9.17, 15) is 4.79 Å². The molecule has 100 valence electrons. The van der Waals surface area contributed by atoms with Crippen LogP contribution < -0.4 is 5.56 Å². The molecule has 3 aromatic rings. The van der Waals surface area contributed by atoms with Gasteiger partial charge in [-0.2, -0.15) is 0 Å². The van der Waals surface area contributed by atoms with Crippen LogP contribution in [0.4, 0.5) is 0 Å². The first-order chi connectivity index (χ1) is 9.75. The topological polar surface area (TPSA) is 34.9 Å². The highest BCUT2D eigenvalue weighted by Gasteiger charge is 2.21. The zero-order valence-electron chi connectivity index (χ0n) is 10.9. The summed E-state index contributed by atoms with van der Waals surface area (Å²) in [6.07, 6.45) is 0. The van der Waals surface area contributed by atoms with E-state index >= 15 is 0 Å². The van der Waals surface area contributed by atoms with Gasteiger partial charge in [-0.1, -0.05) is 42.1 Å². The lowest BCUT2D eigenvalue weighted by Crippen LogP contribution is -2.20. The van der Waals surface area contributed by atoms with E-state index in [1.165, 1.54) is 0 Å². The maximum absolute atomic E-state index is 12.6. The smallest absolute Gasteiger partial charge is 0.263 e. The second kappa shape index (κ2) is 4.46. The molecule has 4 rings (SSSR count). The van der Waals surface area contributed by atoms with Gasteiger partial charge in [-0.3, -0.25) is 9.36 Å². The quantitative estimate of drug-likeness (QED) is 0.645. The molecule has 3 nitrogen and oxygen atoms in total. The third-order valence-electron chi connectivity index (χ3n) is 3.60. The van der Waals surface area contributed by atoms with E-state index in [1.54, 1.807) is 23.1 Å². The molecule has 0 amide bonds. The molecule has 1 aliphatic rings. The number of benzene rings is 1. The van der Waals surface area contributed by atoms with Crippen molar-refractivity contribution in [3.63, 3.8) is 0 Å². The summed E-state index contributed by atoms with van der Waals surface area (Å²) >= 11 is 3.29. The first-order valence-electron chi connectivity index (χ1n) is 6.48. The Bertz CT molecular complexity index is 865. The standard InChI is InChI=1S/C15H12N2OS2/c1-9-11-13(16-15-17(14(11)18)7-8-19-15)20-12(9)10-5-3-2-4-6-10/h2-6H,7-8H2,1H3. The van der Waals surface area contributed by atoms with Crippen molar-refractivity contribution in [2.24, 2.45) is 0 Å². The molecule has 1 aliphatic heterocycles. The van der Waals surface area contributed by atoms with Gasteiger partial charge in [0.1, 0.15) is 4.83 Å². The molecule has 5 heteroatoms. The van der Waals surface area contributed by atoms with Crippen molar-refractivity contribution in [1.82, 2.24) is 9.55 Å². The summed E-state index contributed by atoms with van der Waals surface area (Å²) in [5.74, 6) is 0.949. The van der Waals surface area contributed by atoms with Gasteiger partial charge >= 0.3 is 0 Å². The van der Waals surface area contributed by atoms with Crippen LogP contribution in [0.2, 0.25) is 0 Å². The molecule has 0 unspecified atom stereocenters. The van der Waals surface area contributed by atoms with Gasteiger partial charge in [-0.05, 0) is 18.1 Å². The fraction of sp³-hybridized carbons (Fsp3) is 0.200. The predicted octanol–water partition coefficient (Wildman–Crippen LogP) is 3.54. The van der Waals surface area contributed by atoms with Crippen LogP contribution in [0.1, 0.15) is 5.56 Å². The molecule has 0 saturated heterocycles. The Hall–Kier alpha value is -1.59. The molecule has 2 aromatic heterocycles. The van der Waals surface area contributed by atoms with Gasteiger partial charge in [0.05, 0.1) is 5.39 Å². The minimum atomic E-state index is 0.117. The maximum atomic E-state index is 12.6. The van der Waals surface area contributed by atoms with E-state index in [1.807, 2.05) is 29.7 Å². The minimum absolute atomic E-state index is 0.117. The average Bonchev–Trinajstić information content (AvgIpc) is 3.05. The van der Waals surface area contributed by atoms with Crippen LogP contribution in [-0.4, -0.2) is 15.3 Å². The highest BCUT2D eigenvalue weighted by Crippen LogP contribution is 2.37. The molecular formula is C15H12N2OS2. The van der Waals surface area contributed by atoms with Crippen LogP contribution in [0.25, 0.3) is 20.7 Å². The Morgan fingerprint density at radius 1 is 1.25 bits per heavy atom. The van der Waals surface area contributed by atoms with Crippen molar-refractivity contribution in [3.05, 3.63) is 46.2 Å². The number of fused-ring (bicyclic) bond motifs is 2. The van der Waals surface area contributed by atoms with Crippen molar-refractivity contribution in [2.45, 2.75) is 18.6 Å². The number of hydrogen-bond acceptors (Lipinski definition) is 4. The highest BCUT2D eigenvalue weighted by atomic mass is 32.2. The van der Waals surface area contributed by atoms with Crippen molar-refractivity contribution in [1.29, 1.82) is 0 Å². The monoisotopic (exact) mass is 300 g/mol. The third kappa shape index (κ3) is 1.66. The zero-order valence-corrected chi connectivity index (χ0v) is 12.6. The van der Waals surface area contributed by atoms with Crippen molar-refractivity contribution < 1.29 is 0 Å². The Morgan fingerprint density at radius 3 is 2.85 bits per heavy atom. The van der Waals surface area contributed by atoms with Crippen LogP contribution >= 0.6 is 23.1 Å². The SMILES string of the molecule is Cc1c(-c2ccccc2)sc2nc3n(c(=O)c12)CCS3. The minimum Gasteiger partial charge on any atom is -0.286 e. The first kappa shape index (κ1) is 12.2. The van der Waals surface area contributed by atoms with Gasteiger partial charge in [0.15, 0.2) is 5.16 Å². The van der Waals surface area contributed by atoms with E-state index < -0.39 is 0 Å². The number of rotatable bonds is 1. The summed E-state index contributed by atoms with van der Waals surface area (Å²) in [4.78, 5) is 19.3. The maximum Gasteiger partial charge on any atom is 0.263 e. The fourth-order valence-corrected chi connectivity index (χ4v) is 4.78. The lowest BCUT2D eigenvalue weighted by molar-refractivity contribution is 0.670. The van der Waals surface area contributed by atoms with Crippen LogP contribution in [-0.2, 0) is 6.54 Å². The third-order valence-corrected chi connectivity index (χ3v) is 5.79. The molecule has 1 aromatic carbocycles. The van der Waals surface area contributed by atoms with Gasteiger partial charge in [-0.15, -0.1) is 11.3 Å².